The van der Waals surface area contributed by atoms with Gasteiger partial charge in [0.05, 0.1) is 18.4 Å². The van der Waals surface area contributed by atoms with E-state index in [2.05, 4.69) is 11.8 Å². The Morgan fingerprint density at radius 3 is 2.07 bits per heavy atom. The fraction of sp³-hybridized carbons (Fsp3) is 0.304. The van der Waals surface area contributed by atoms with Crippen molar-refractivity contribution in [2.24, 2.45) is 5.92 Å². The average Bonchev–Trinajstić information content (AvgIpc) is 2.97. The molecule has 2 aliphatic heterocycles. The standard InChI is InChI=1S/C23H24N2O4/c1-15-11-13-24(14-12-15)17-5-7-18(8-6-17)25-22(27)20(21(26)23(25)28)16-3-9-19(29-2)10-4-16/h3-10,15,26H,11-14H2,1-2H3. The van der Waals surface area contributed by atoms with Gasteiger partial charge in [-0.15, -0.1) is 0 Å². The SMILES string of the molecule is COc1ccc(C2=C(O)C(=O)N(c3ccc(N4CCC(C)CC4)cc3)C2=O)cc1. The minimum absolute atomic E-state index is 0.00625. The van der Waals surface area contributed by atoms with Gasteiger partial charge in [-0.2, -0.15) is 0 Å². The molecule has 0 atom stereocenters. The number of carbonyl (C=O) groups excluding carboxylic acids is 2. The van der Waals surface area contributed by atoms with Gasteiger partial charge >= 0.3 is 5.91 Å². The molecule has 6 heteroatoms. The summed E-state index contributed by atoms with van der Waals surface area (Å²) in [4.78, 5) is 28.9. The third-order valence-corrected chi connectivity index (χ3v) is 5.69. The fourth-order valence-corrected chi connectivity index (χ4v) is 3.85. The summed E-state index contributed by atoms with van der Waals surface area (Å²) in [5.41, 5.74) is 2.01. The number of rotatable bonds is 4. The van der Waals surface area contributed by atoms with Crippen molar-refractivity contribution in [3.8, 4) is 5.75 Å². The molecule has 150 valence electrons. The Kier molecular flexibility index (Phi) is 5.01. The van der Waals surface area contributed by atoms with E-state index in [4.69, 9.17) is 4.74 Å². The van der Waals surface area contributed by atoms with Gasteiger partial charge in [0.15, 0.2) is 5.76 Å². The largest absolute Gasteiger partial charge is 0.502 e. The summed E-state index contributed by atoms with van der Waals surface area (Å²) in [5.74, 6) is -0.396. The molecule has 1 fully saturated rings. The number of aliphatic hydroxyl groups is 1. The quantitative estimate of drug-likeness (QED) is 0.802. The number of imide groups is 1. The lowest BCUT2D eigenvalue weighted by molar-refractivity contribution is -0.121. The number of benzene rings is 2. The third-order valence-electron chi connectivity index (χ3n) is 5.69. The number of methoxy groups -OCH3 is 1. The zero-order chi connectivity index (χ0) is 20.5. The Balaban J connectivity index is 1.56. The van der Waals surface area contributed by atoms with Gasteiger partial charge in [-0.1, -0.05) is 19.1 Å². The van der Waals surface area contributed by atoms with Gasteiger partial charge in [0.1, 0.15) is 5.75 Å². The van der Waals surface area contributed by atoms with Gasteiger partial charge in [-0.05, 0) is 60.7 Å². The topological polar surface area (TPSA) is 70.1 Å². The van der Waals surface area contributed by atoms with E-state index < -0.39 is 17.6 Å². The van der Waals surface area contributed by atoms with Crippen LogP contribution >= 0.6 is 0 Å². The first kappa shape index (κ1) is 19.1. The van der Waals surface area contributed by atoms with Crippen molar-refractivity contribution in [1.82, 2.24) is 0 Å². The third kappa shape index (κ3) is 3.46. The number of nitrogens with zero attached hydrogens (tertiary/aromatic N) is 2. The van der Waals surface area contributed by atoms with Crippen LogP contribution in [0.25, 0.3) is 5.57 Å². The Bertz CT molecular complexity index is 955. The van der Waals surface area contributed by atoms with Crippen LogP contribution in [0.15, 0.2) is 54.3 Å². The number of hydrogen-bond acceptors (Lipinski definition) is 5. The fourth-order valence-electron chi connectivity index (χ4n) is 3.85. The van der Waals surface area contributed by atoms with E-state index in [1.165, 1.54) is 0 Å². The molecule has 0 aromatic heterocycles. The molecule has 0 bridgehead atoms. The monoisotopic (exact) mass is 392 g/mol. The summed E-state index contributed by atoms with van der Waals surface area (Å²) < 4.78 is 5.12. The van der Waals surface area contributed by atoms with Gasteiger partial charge in [0, 0.05) is 18.8 Å². The molecule has 2 heterocycles. The van der Waals surface area contributed by atoms with Crippen molar-refractivity contribution in [1.29, 1.82) is 0 Å². The number of piperidine rings is 1. The van der Waals surface area contributed by atoms with E-state index in [1.54, 1.807) is 43.5 Å². The molecule has 0 aliphatic carbocycles. The highest BCUT2D eigenvalue weighted by molar-refractivity contribution is 6.44. The molecule has 1 saturated heterocycles. The Morgan fingerprint density at radius 1 is 0.897 bits per heavy atom. The van der Waals surface area contributed by atoms with Crippen molar-refractivity contribution in [2.75, 3.05) is 30.0 Å². The molecule has 2 aliphatic rings. The van der Waals surface area contributed by atoms with Crippen LogP contribution in [-0.2, 0) is 9.59 Å². The molecular formula is C23H24N2O4. The lowest BCUT2D eigenvalue weighted by Gasteiger charge is -2.32. The summed E-state index contributed by atoms with van der Waals surface area (Å²) in [6.07, 6.45) is 2.32. The maximum Gasteiger partial charge on any atom is 0.301 e. The molecule has 4 rings (SSSR count). The maximum absolute atomic E-state index is 12.9. The van der Waals surface area contributed by atoms with Gasteiger partial charge < -0.3 is 14.7 Å². The molecule has 1 N–H and O–H groups in total. The summed E-state index contributed by atoms with van der Waals surface area (Å²) in [6, 6.07) is 14.0. The second-order valence-electron chi connectivity index (χ2n) is 7.58. The van der Waals surface area contributed by atoms with Crippen LogP contribution in [0, 0.1) is 5.92 Å². The summed E-state index contributed by atoms with van der Waals surface area (Å²) in [5, 5.41) is 10.4. The number of anilines is 2. The van der Waals surface area contributed by atoms with E-state index in [0.717, 1.165) is 42.4 Å². The summed E-state index contributed by atoms with van der Waals surface area (Å²) in [7, 11) is 1.55. The smallest absolute Gasteiger partial charge is 0.301 e. The van der Waals surface area contributed by atoms with E-state index in [9.17, 15) is 14.7 Å². The molecule has 6 nitrogen and oxygen atoms in total. The lowest BCUT2D eigenvalue weighted by Crippen LogP contribution is -2.33. The molecule has 2 amide bonds. The number of hydrogen-bond donors (Lipinski definition) is 1. The van der Waals surface area contributed by atoms with Crippen LogP contribution in [0.2, 0.25) is 0 Å². The number of carbonyl (C=O) groups is 2. The van der Waals surface area contributed by atoms with Crippen molar-refractivity contribution in [2.45, 2.75) is 19.8 Å². The van der Waals surface area contributed by atoms with Crippen LogP contribution in [0.1, 0.15) is 25.3 Å². The average molecular weight is 392 g/mol. The molecular weight excluding hydrogens is 368 g/mol. The molecule has 0 spiro atoms. The molecule has 2 aromatic carbocycles. The second-order valence-corrected chi connectivity index (χ2v) is 7.58. The first-order valence-corrected chi connectivity index (χ1v) is 9.81. The van der Waals surface area contributed by atoms with E-state index >= 15 is 0 Å². The molecule has 0 unspecified atom stereocenters. The summed E-state index contributed by atoms with van der Waals surface area (Å²) in [6.45, 7) is 4.28. The minimum atomic E-state index is -0.708. The number of ether oxygens (including phenoxy) is 1. The number of aliphatic hydroxyl groups excluding tert-OH is 1. The van der Waals surface area contributed by atoms with E-state index in [1.807, 2.05) is 12.1 Å². The first-order valence-electron chi connectivity index (χ1n) is 9.81. The predicted molar refractivity (Wildman–Crippen MR) is 112 cm³/mol. The Labute approximate surface area is 170 Å². The van der Waals surface area contributed by atoms with Gasteiger partial charge in [0.2, 0.25) is 0 Å². The Hall–Kier alpha value is -3.28. The van der Waals surface area contributed by atoms with Gasteiger partial charge in [-0.25, -0.2) is 4.90 Å². The first-order chi connectivity index (χ1) is 14.0. The zero-order valence-corrected chi connectivity index (χ0v) is 16.6. The zero-order valence-electron chi connectivity index (χ0n) is 16.6. The van der Waals surface area contributed by atoms with Gasteiger partial charge in [0.25, 0.3) is 5.91 Å². The predicted octanol–water partition coefficient (Wildman–Crippen LogP) is 3.77. The highest BCUT2D eigenvalue weighted by Crippen LogP contribution is 2.33. The molecule has 0 radical (unpaired) electrons. The van der Waals surface area contributed by atoms with Crippen molar-refractivity contribution in [3.05, 3.63) is 59.9 Å². The summed E-state index contributed by atoms with van der Waals surface area (Å²) >= 11 is 0. The molecule has 2 aromatic rings. The van der Waals surface area contributed by atoms with Crippen LogP contribution in [0.4, 0.5) is 11.4 Å². The van der Waals surface area contributed by atoms with Crippen LogP contribution in [0.5, 0.6) is 5.75 Å². The maximum atomic E-state index is 12.9. The highest BCUT2D eigenvalue weighted by atomic mass is 16.5. The molecule has 0 saturated carbocycles. The van der Waals surface area contributed by atoms with Crippen LogP contribution in [0.3, 0.4) is 0 Å². The van der Waals surface area contributed by atoms with Crippen molar-refractivity contribution >= 4 is 28.8 Å². The lowest BCUT2D eigenvalue weighted by atomic mass is 9.99. The number of amides is 2. The van der Waals surface area contributed by atoms with Crippen molar-refractivity contribution < 1.29 is 19.4 Å². The molecule has 29 heavy (non-hydrogen) atoms. The van der Waals surface area contributed by atoms with Crippen molar-refractivity contribution in [3.63, 3.8) is 0 Å². The minimum Gasteiger partial charge on any atom is -0.502 e. The highest BCUT2D eigenvalue weighted by Gasteiger charge is 2.40. The van der Waals surface area contributed by atoms with Crippen LogP contribution < -0.4 is 14.5 Å². The van der Waals surface area contributed by atoms with Crippen LogP contribution in [-0.4, -0.2) is 37.1 Å². The Morgan fingerprint density at radius 2 is 1.48 bits per heavy atom. The normalized spacial score (nSPS) is 18.0. The van der Waals surface area contributed by atoms with E-state index in [0.29, 0.717) is 17.0 Å². The second kappa shape index (κ2) is 7.62. The van der Waals surface area contributed by atoms with E-state index in [-0.39, 0.29) is 5.57 Å². The van der Waals surface area contributed by atoms with Gasteiger partial charge in [-0.3, -0.25) is 9.59 Å².